The van der Waals surface area contributed by atoms with Crippen molar-refractivity contribution in [2.24, 2.45) is 11.8 Å². The number of Topliss-reactive ketones (excluding diaryl/α,β-unsaturated/α-hetero) is 2. The number of hydrogen-bond donors (Lipinski definition) is 0. The largest absolute Gasteiger partial charge is 0.285 e. The van der Waals surface area contributed by atoms with E-state index in [2.05, 4.69) is 0 Å². The Labute approximate surface area is 88.9 Å². The van der Waals surface area contributed by atoms with E-state index in [0.29, 0.717) is 0 Å². The summed E-state index contributed by atoms with van der Waals surface area (Å²) in [7, 11) is 0. The van der Waals surface area contributed by atoms with Crippen LogP contribution >= 0.6 is 0 Å². The molecule has 82 valence electrons. The Morgan fingerprint density at radius 3 is 1.93 bits per heavy atom. The van der Waals surface area contributed by atoms with Gasteiger partial charge >= 0.3 is 0 Å². The number of allylic oxidation sites excluding steroid dienone is 4. The molecule has 0 radical (unpaired) electrons. The van der Waals surface area contributed by atoms with E-state index in [0.717, 1.165) is 0 Å². The number of halogens is 1. The van der Waals surface area contributed by atoms with Gasteiger partial charge in [0.25, 0.3) is 0 Å². The van der Waals surface area contributed by atoms with Crippen LogP contribution in [0.1, 0.15) is 27.7 Å². The third-order valence-electron chi connectivity index (χ3n) is 2.45. The third kappa shape index (κ3) is 2.06. The first-order valence-electron chi connectivity index (χ1n) is 5.06. The van der Waals surface area contributed by atoms with Gasteiger partial charge in [-0.15, -0.1) is 0 Å². The maximum Gasteiger partial charge on any atom is 0.232 e. The van der Waals surface area contributed by atoms with Gasteiger partial charge in [0.1, 0.15) is 5.83 Å². The van der Waals surface area contributed by atoms with Crippen LogP contribution in [0.15, 0.2) is 23.0 Å². The lowest BCUT2D eigenvalue weighted by molar-refractivity contribution is -0.133. The molecule has 0 heterocycles. The number of carbonyl (C=O) groups is 2. The van der Waals surface area contributed by atoms with Gasteiger partial charge in [-0.2, -0.15) is 0 Å². The molecule has 0 amide bonds. The molecule has 1 aliphatic rings. The highest BCUT2D eigenvalue weighted by Crippen LogP contribution is 2.28. The monoisotopic (exact) mass is 210 g/mol. The average Bonchev–Trinajstić information content (AvgIpc) is 2.10. The van der Waals surface area contributed by atoms with Crippen LogP contribution in [-0.2, 0) is 9.59 Å². The first-order valence-corrected chi connectivity index (χ1v) is 5.06. The fraction of sp³-hybridized carbons (Fsp3) is 0.500. The highest BCUT2D eigenvalue weighted by molar-refractivity contribution is 6.50. The van der Waals surface area contributed by atoms with E-state index in [1.54, 1.807) is 27.7 Å². The molecule has 0 unspecified atom stereocenters. The molecule has 1 aliphatic carbocycles. The summed E-state index contributed by atoms with van der Waals surface area (Å²) in [5.41, 5.74) is 0.270. The molecule has 0 bridgehead atoms. The van der Waals surface area contributed by atoms with E-state index < -0.39 is 17.4 Å². The van der Waals surface area contributed by atoms with Crippen LogP contribution in [0.25, 0.3) is 0 Å². The van der Waals surface area contributed by atoms with Gasteiger partial charge in [-0.05, 0) is 17.9 Å². The molecule has 15 heavy (non-hydrogen) atoms. The van der Waals surface area contributed by atoms with Crippen molar-refractivity contribution in [3.63, 3.8) is 0 Å². The minimum absolute atomic E-state index is 0.00407. The van der Waals surface area contributed by atoms with E-state index in [-0.39, 0.29) is 23.0 Å². The zero-order valence-electron chi connectivity index (χ0n) is 9.43. The summed E-state index contributed by atoms with van der Waals surface area (Å²) in [5.74, 6) is -2.19. The number of ketones is 2. The van der Waals surface area contributed by atoms with Crippen molar-refractivity contribution >= 4 is 11.6 Å². The highest BCUT2D eigenvalue weighted by atomic mass is 19.1. The Kier molecular flexibility index (Phi) is 3.22. The summed E-state index contributed by atoms with van der Waals surface area (Å²) in [5, 5.41) is 0. The molecule has 1 rings (SSSR count). The second kappa shape index (κ2) is 4.09. The van der Waals surface area contributed by atoms with Gasteiger partial charge in [-0.3, -0.25) is 9.59 Å². The Bertz CT molecular complexity index is 373. The summed E-state index contributed by atoms with van der Waals surface area (Å²) >= 11 is 0. The van der Waals surface area contributed by atoms with Crippen molar-refractivity contribution in [1.29, 1.82) is 0 Å². The van der Waals surface area contributed by atoms with E-state index in [1.807, 2.05) is 0 Å². The molecule has 0 saturated heterocycles. The Hall–Kier alpha value is -1.25. The van der Waals surface area contributed by atoms with Gasteiger partial charge in [-0.25, -0.2) is 4.39 Å². The van der Waals surface area contributed by atoms with Crippen LogP contribution in [0.3, 0.4) is 0 Å². The van der Waals surface area contributed by atoms with Crippen molar-refractivity contribution in [2.45, 2.75) is 27.7 Å². The van der Waals surface area contributed by atoms with Crippen molar-refractivity contribution in [1.82, 2.24) is 0 Å². The van der Waals surface area contributed by atoms with Gasteiger partial charge in [0, 0.05) is 11.1 Å². The minimum Gasteiger partial charge on any atom is -0.285 e. The van der Waals surface area contributed by atoms with Gasteiger partial charge < -0.3 is 0 Å². The molecule has 0 N–H and O–H groups in total. The zero-order chi connectivity index (χ0) is 11.7. The van der Waals surface area contributed by atoms with E-state index >= 15 is 0 Å². The second-order valence-electron chi connectivity index (χ2n) is 4.33. The number of hydrogen-bond acceptors (Lipinski definition) is 2. The predicted octanol–water partition coefficient (Wildman–Crippen LogP) is 2.60. The van der Waals surface area contributed by atoms with Gasteiger partial charge in [0.15, 0.2) is 0 Å². The van der Waals surface area contributed by atoms with Gasteiger partial charge in [0.2, 0.25) is 11.6 Å². The lowest BCUT2D eigenvalue weighted by Gasteiger charge is -2.18. The quantitative estimate of drug-likeness (QED) is 0.518. The van der Waals surface area contributed by atoms with Crippen LogP contribution in [0, 0.1) is 11.8 Å². The van der Waals surface area contributed by atoms with Gasteiger partial charge in [-0.1, -0.05) is 27.7 Å². The molecule has 0 aromatic heterocycles. The number of rotatable bonds is 2. The summed E-state index contributed by atoms with van der Waals surface area (Å²) < 4.78 is 13.6. The molecule has 0 atom stereocenters. The maximum absolute atomic E-state index is 13.6. The van der Waals surface area contributed by atoms with E-state index in [4.69, 9.17) is 0 Å². The van der Waals surface area contributed by atoms with E-state index in [9.17, 15) is 14.0 Å². The highest BCUT2D eigenvalue weighted by Gasteiger charge is 2.32. The van der Waals surface area contributed by atoms with Crippen molar-refractivity contribution in [3.05, 3.63) is 23.0 Å². The second-order valence-corrected chi connectivity index (χ2v) is 4.33. The summed E-state index contributed by atoms with van der Waals surface area (Å²) in [6.45, 7) is 6.94. The van der Waals surface area contributed by atoms with Crippen LogP contribution in [0.4, 0.5) is 4.39 Å². The van der Waals surface area contributed by atoms with E-state index in [1.165, 1.54) is 6.08 Å². The number of carbonyl (C=O) groups excluding carboxylic acids is 2. The van der Waals surface area contributed by atoms with Gasteiger partial charge in [0.05, 0.1) is 0 Å². The van der Waals surface area contributed by atoms with Crippen LogP contribution < -0.4 is 0 Å². The van der Waals surface area contributed by atoms with Crippen LogP contribution in [0.2, 0.25) is 0 Å². The summed E-state index contributed by atoms with van der Waals surface area (Å²) in [6, 6.07) is 0. The lowest BCUT2D eigenvalue weighted by Crippen LogP contribution is -2.27. The predicted molar refractivity (Wildman–Crippen MR) is 55.9 cm³/mol. The van der Waals surface area contributed by atoms with Crippen molar-refractivity contribution in [3.8, 4) is 0 Å². The first kappa shape index (κ1) is 11.8. The zero-order valence-corrected chi connectivity index (χ0v) is 9.43. The molecule has 2 nitrogen and oxygen atoms in total. The summed E-state index contributed by atoms with van der Waals surface area (Å²) in [4.78, 5) is 23.2. The molecular weight excluding hydrogens is 195 g/mol. The standard InChI is InChI=1S/C12H15FO2/c1-6(2)8-5-9(13)10(7(3)4)12(15)11(8)14/h5-7H,1-4H3. The maximum atomic E-state index is 13.6. The fourth-order valence-electron chi connectivity index (χ4n) is 1.61. The molecule has 0 aromatic carbocycles. The molecule has 0 fully saturated rings. The fourth-order valence-corrected chi connectivity index (χ4v) is 1.61. The molecule has 3 heteroatoms. The molecule has 0 saturated carbocycles. The normalized spacial score (nSPS) is 17.9. The van der Waals surface area contributed by atoms with Crippen molar-refractivity contribution in [2.75, 3.05) is 0 Å². The smallest absolute Gasteiger partial charge is 0.232 e. The summed E-state index contributed by atoms with van der Waals surface area (Å²) in [6.07, 6.45) is 1.20. The average molecular weight is 210 g/mol. The Morgan fingerprint density at radius 1 is 1.00 bits per heavy atom. The first-order chi connectivity index (χ1) is 6.86. The third-order valence-corrected chi connectivity index (χ3v) is 2.45. The lowest BCUT2D eigenvalue weighted by atomic mass is 9.84. The Morgan fingerprint density at radius 2 is 1.53 bits per heavy atom. The molecule has 0 aliphatic heterocycles. The van der Waals surface area contributed by atoms with Crippen LogP contribution in [-0.4, -0.2) is 11.6 Å². The Balaban J connectivity index is 3.27. The molecular formula is C12H15FO2. The molecule has 0 aromatic rings. The van der Waals surface area contributed by atoms with Crippen molar-refractivity contribution < 1.29 is 14.0 Å². The topological polar surface area (TPSA) is 34.1 Å². The van der Waals surface area contributed by atoms with Crippen LogP contribution in [0.5, 0.6) is 0 Å². The SMILES string of the molecule is CC(C)C1=CC(F)=C(C(C)C)C(=O)C1=O. The molecule has 0 spiro atoms. The minimum atomic E-state index is -0.686.